The third-order valence-corrected chi connectivity index (χ3v) is 6.61. The van der Waals surface area contributed by atoms with Crippen LogP contribution in [0, 0.1) is 5.82 Å². The molecule has 2 amide bonds. The molecule has 0 radical (unpaired) electrons. The Morgan fingerprint density at radius 2 is 1.94 bits per heavy atom. The molecule has 1 heterocycles. The summed E-state index contributed by atoms with van der Waals surface area (Å²) in [6.45, 7) is 0. The molecule has 3 rings (SSSR count). The van der Waals surface area contributed by atoms with E-state index in [4.69, 9.17) is 21.1 Å². The molecule has 9 nitrogen and oxygen atoms in total. The van der Waals surface area contributed by atoms with E-state index in [9.17, 15) is 27.5 Å². The molecule has 3 N–H and O–H groups in total. The molecule has 12 heteroatoms. The molecule has 1 aliphatic rings. The number of esters is 1. The van der Waals surface area contributed by atoms with Gasteiger partial charge >= 0.3 is 12.0 Å². The van der Waals surface area contributed by atoms with E-state index in [0.29, 0.717) is 5.56 Å². The lowest BCUT2D eigenvalue weighted by molar-refractivity contribution is -0.136. The number of urea groups is 1. The number of carbonyl (C=O) groups excluding carboxylic acids is 2. The molecule has 0 saturated carbocycles. The van der Waals surface area contributed by atoms with Crippen molar-refractivity contribution in [2.24, 2.45) is 0 Å². The number of hydrogen-bond donors (Lipinski definition) is 3. The number of nitrogens with one attached hydrogen (secondary N) is 2. The predicted octanol–water partition coefficient (Wildman–Crippen LogP) is 2.45. The molecule has 0 fully saturated rings. The van der Waals surface area contributed by atoms with Crippen LogP contribution in [0.3, 0.4) is 0 Å². The first kappa shape index (κ1) is 23.4. The second kappa shape index (κ2) is 9.05. The zero-order valence-electron chi connectivity index (χ0n) is 16.8. The predicted molar refractivity (Wildman–Crippen MR) is 112 cm³/mol. The lowest BCUT2D eigenvalue weighted by Crippen LogP contribution is -2.47. The van der Waals surface area contributed by atoms with Crippen LogP contribution in [0.5, 0.6) is 11.5 Å². The maximum Gasteiger partial charge on any atom is 0.338 e. The second-order valence-corrected chi connectivity index (χ2v) is 9.08. The first-order valence-electron chi connectivity index (χ1n) is 9.01. The molecule has 170 valence electrons. The number of aromatic hydroxyl groups is 1. The van der Waals surface area contributed by atoms with Crippen molar-refractivity contribution in [2.75, 3.05) is 20.0 Å². The number of sulfone groups is 1. The van der Waals surface area contributed by atoms with Gasteiger partial charge in [-0.25, -0.2) is 22.4 Å². The molecule has 2 aromatic carbocycles. The molecular weight excluding hydrogens is 467 g/mol. The highest BCUT2D eigenvalue weighted by molar-refractivity contribution is 7.91. The molecule has 0 spiro atoms. The average Bonchev–Trinajstić information content (AvgIpc) is 2.74. The Hall–Kier alpha value is -3.31. The maximum absolute atomic E-state index is 13.4. The van der Waals surface area contributed by atoms with Gasteiger partial charge in [-0.1, -0.05) is 17.7 Å². The van der Waals surface area contributed by atoms with Crippen molar-refractivity contribution in [1.29, 1.82) is 0 Å². The highest BCUT2D eigenvalue weighted by atomic mass is 35.5. The lowest BCUT2D eigenvalue weighted by Gasteiger charge is -2.29. The van der Waals surface area contributed by atoms with E-state index >= 15 is 0 Å². The summed E-state index contributed by atoms with van der Waals surface area (Å²) in [4.78, 5) is 24.6. The van der Waals surface area contributed by atoms with Crippen LogP contribution in [0.4, 0.5) is 9.18 Å². The molecule has 0 unspecified atom stereocenters. The fourth-order valence-electron chi connectivity index (χ4n) is 3.15. The molecule has 2 aromatic rings. The van der Waals surface area contributed by atoms with Crippen LogP contribution in [0.2, 0.25) is 5.02 Å². The molecular formula is C20H18ClFN2O7S. The minimum absolute atomic E-state index is 0.0784. The van der Waals surface area contributed by atoms with Gasteiger partial charge in [0.1, 0.15) is 5.82 Å². The fraction of sp³-hybridized carbons (Fsp3) is 0.200. The van der Waals surface area contributed by atoms with E-state index in [0.717, 1.165) is 25.3 Å². The van der Waals surface area contributed by atoms with E-state index in [1.807, 2.05) is 0 Å². The minimum Gasteiger partial charge on any atom is -0.504 e. The van der Waals surface area contributed by atoms with E-state index in [-0.39, 0.29) is 27.7 Å². The van der Waals surface area contributed by atoms with Gasteiger partial charge < -0.3 is 25.2 Å². The first-order valence-corrected chi connectivity index (χ1v) is 11.0. The number of ether oxygens (including phenoxy) is 2. The fourth-order valence-corrected chi connectivity index (χ4v) is 4.74. The zero-order valence-corrected chi connectivity index (χ0v) is 18.4. The quantitative estimate of drug-likeness (QED) is 0.424. The number of halogens is 2. The number of methoxy groups -OCH3 is 2. The Kier molecular flexibility index (Phi) is 6.60. The van der Waals surface area contributed by atoms with Crippen LogP contribution in [-0.2, 0) is 19.4 Å². The Labute approximate surface area is 187 Å². The summed E-state index contributed by atoms with van der Waals surface area (Å²) in [6.07, 6.45) is 0. The van der Waals surface area contributed by atoms with Gasteiger partial charge in [0.2, 0.25) is 0 Å². The molecule has 32 heavy (non-hydrogen) atoms. The van der Waals surface area contributed by atoms with Crippen LogP contribution >= 0.6 is 11.6 Å². The van der Waals surface area contributed by atoms with Crippen molar-refractivity contribution >= 4 is 33.4 Å². The van der Waals surface area contributed by atoms with Crippen molar-refractivity contribution in [2.45, 2.75) is 10.9 Å². The molecule has 0 aliphatic carbocycles. The zero-order chi connectivity index (χ0) is 23.6. The van der Waals surface area contributed by atoms with Crippen molar-refractivity contribution in [3.63, 3.8) is 0 Å². The van der Waals surface area contributed by atoms with Gasteiger partial charge in [-0.3, -0.25) is 0 Å². The standard InChI is InChI=1S/C20H18ClFN2O7S/c1-30-16-7-10(3-6-15(16)25)18-17(19(26)31-2)14(23-20(27)24-18)9-32(28,29)11-4-5-13(22)12(21)8-11/h3-8,18,25H,9H2,1-2H3,(H2,23,24,27)/t18-/m1/s1. The largest absolute Gasteiger partial charge is 0.504 e. The SMILES string of the molecule is COC(=O)C1=C(CS(=O)(=O)c2ccc(F)c(Cl)c2)NC(=O)N[C@@H]1c1ccc(O)c(OC)c1. The lowest BCUT2D eigenvalue weighted by atomic mass is 9.95. The van der Waals surface area contributed by atoms with Crippen LogP contribution in [-0.4, -0.2) is 45.5 Å². The molecule has 1 aliphatic heterocycles. The summed E-state index contributed by atoms with van der Waals surface area (Å²) >= 11 is 5.69. The average molecular weight is 485 g/mol. The molecule has 1 atom stereocenters. The van der Waals surface area contributed by atoms with E-state index in [1.54, 1.807) is 0 Å². The number of benzene rings is 2. The van der Waals surface area contributed by atoms with Gasteiger partial charge in [0.25, 0.3) is 0 Å². The third kappa shape index (κ3) is 4.63. The summed E-state index contributed by atoms with van der Waals surface area (Å²) in [7, 11) is -1.72. The first-order chi connectivity index (χ1) is 15.1. The monoisotopic (exact) mass is 484 g/mol. The van der Waals surface area contributed by atoms with Gasteiger partial charge in [0.05, 0.1) is 41.5 Å². The summed E-state index contributed by atoms with van der Waals surface area (Å²) in [5.74, 6) is -2.57. The topological polar surface area (TPSA) is 131 Å². The number of carbonyl (C=O) groups is 2. The summed E-state index contributed by atoms with van der Waals surface area (Å²) in [6, 6.07) is 5.12. The van der Waals surface area contributed by atoms with Gasteiger partial charge in [-0.2, -0.15) is 0 Å². The Morgan fingerprint density at radius 3 is 2.56 bits per heavy atom. The summed E-state index contributed by atoms with van der Waals surface area (Å²) in [5, 5.41) is 14.3. The maximum atomic E-state index is 13.4. The Morgan fingerprint density at radius 1 is 1.22 bits per heavy atom. The number of hydrogen-bond acceptors (Lipinski definition) is 7. The van der Waals surface area contributed by atoms with Gasteiger partial charge in [0, 0.05) is 5.70 Å². The Balaban J connectivity index is 2.12. The minimum atomic E-state index is -4.15. The summed E-state index contributed by atoms with van der Waals surface area (Å²) in [5.41, 5.74) is -0.0654. The van der Waals surface area contributed by atoms with Crippen molar-refractivity contribution < 1.29 is 37.0 Å². The van der Waals surface area contributed by atoms with Crippen molar-refractivity contribution in [3.05, 3.63) is 64.1 Å². The van der Waals surface area contributed by atoms with Crippen LogP contribution in [0.15, 0.2) is 52.6 Å². The van der Waals surface area contributed by atoms with Crippen molar-refractivity contribution in [1.82, 2.24) is 10.6 Å². The second-order valence-electron chi connectivity index (χ2n) is 6.68. The van der Waals surface area contributed by atoms with E-state index in [1.165, 1.54) is 25.3 Å². The highest BCUT2D eigenvalue weighted by Crippen LogP contribution is 2.34. The Bertz CT molecular complexity index is 1230. The van der Waals surface area contributed by atoms with Gasteiger partial charge in [-0.15, -0.1) is 0 Å². The highest BCUT2D eigenvalue weighted by Gasteiger charge is 2.36. The van der Waals surface area contributed by atoms with Gasteiger partial charge in [0.15, 0.2) is 21.3 Å². The molecule has 0 saturated heterocycles. The van der Waals surface area contributed by atoms with Gasteiger partial charge in [-0.05, 0) is 35.9 Å². The third-order valence-electron chi connectivity index (χ3n) is 4.68. The number of phenolic OH excluding ortho intramolecular Hbond substituents is 1. The van der Waals surface area contributed by atoms with Crippen LogP contribution < -0.4 is 15.4 Å². The normalized spacial score (nSPS) is 16.2. The van der Waals surface area contributed by atoms with Crippen molar-refractivity contribution in [3.8, 4) is 11.5 Å². The summed E-state index contributed by atoms with van der Waals surface area (Å²) < 4.78 is 49.2. The number of phenols is 1. The number of rotatable bonds is 6. The van der Waals surface area contributed by atoms with E-state index < -0.39 is 44.5 Å². The number of amides is 2. The van der Waals surface area contributed by atoms with Crippen LogP contribution in [0.1, 0.15) is 11.6 Å². The molecule has 0 aromatic heterocycles. The van der Waals surface area contributed by atoms with E-state index in [2.05, 4.69) is 10.6 Å². The smallest absolute Gasteiger partial charge is 0.338 e. The van der Waals surface area contributed by atoms with Crippen LogP contribution in [0.25, 0.3) is 0 Å². The molecule has 0 bridgehead atoms.